The van der Waals surface area contributed by atoms with E-state index in [0.29, 0.717) is 0 Å². The number of pyridine rings is 2. The number of rotatable bonds is 1. The second-order valence-corrected chi connectivity index (χ2v) is 2.43. The van der Waals surface area contributed by atoms with E-state index in [9.17, 15) is 0 Å². The second-order valence-electron chi connectivity index (χ2n) is 2.43. The summed E-state index contributed by atoms with van der Waals surface area (Å²) in [6.45, 7) is 0. The van der Waals surface area contributed by atoms with Gasteiger partial charge >= 0.3 is 0 Å². The zero-order valence-electron chi connectivity index (χ0n) is 7.83. The van der Waals surface area contributed by atoms with E-state index in [1.165, 1.54) is 0 Å². The van der Waals surface area contributed by atoms with Crippen LogP contribution in [0.1, 0.15) is 0 Å². The normalized spacial score (nSPS) is 7.73. The molecule has 0 saturated carbocycles. The molecule has 0 unspecified atom stereocenters. The maximum absolute atomic E-state index is 4.19. The molecule has 0 aromatic carbocycles. The molecule has 2 aromatic rings. The maximum Gasteiger partial charge on any atom is 0.0886 e. The maximum atomic E-state index is 4.19. The van der Waals surface area contributed by atoms with Gasteiger partial charge in [-0.3, -0.25) is 9.97 Å². The molecule has 0 radical (unpaired) electrons. The fraction of sp³-hybridized carbons (Fsp3) is 0. The van der Waals surface area contributed by atoms with Crippen molar-refractivity contribution in [3.8, 4) is 11.4 Å². The summed E-state index contributed by atoms with van der Waals surface area (Å²) in [7, 11) is 0. The molecule has 0 saturated heterocycles. The average Bonchev–Trinajstić information content (AvgIpc) is 2.21. The monoisotopic (exact) mass is 298 g/mol. The molecule has 0 spiro atoms. The van der Waals surface area contributed by atoms with Crippen LogP contribution < -0.4 is 0 Å². The third-order valence-electron chi connectivity index (χ3n) is 1.59. The van der Waals surface area contributed by atoms with Gasteiger partial charge < -0.3 is 11.0 Å². The molecule has 4 N–H and O–H groups in total. The van der Waals surface area contributed by atoms with Gasteiger partial charge in [0.05, 0.1) is 11.4 Å². The van der Waals surface area contributed by atoms with E-state index in [2.05, 4.69) is 9.97 Å². The van der Waals surface area contributed by atoms with E-state index >= 15 is 0 Å². The molecule has 0 fully saturated rings. The van der Waals surface area contributed by atoms with Crippen molar-refractivity contribution in [3.05, 3.63) is 48.8 Å². The standard InChI is InChI=1S/C10H8N2.2H2O.Pd/c1-3-7-11-9(5-1)10-6-2-4-8-12-10;;;/h1-8H;2*1H2;. The minimum atomic E-state index is 0. The van der Waals surface area contributed by atoms with Crippen molar-refractivity contribution in [1.29, 1.82) is 0 Å². The van der Waals surface area contributed by atoms with Crippen LogP contribution in [0.2, 0.25) is 0 Å². The van der Waals surface area contributed by atoms with Gasteiger partial charge in [0.2, 0.25) is 0 Å². The van der Waals surface area contributed by atoms with Crippen LogP contribution in [-0.2, 0) is 20.4 Å². The number of hydrogen-bond acceptors (Lipinski definition) is 2. The molecule has 2 heterocycles. The minimum absolute atomic E-state index is 0. The van der Waals surface area contributed by atoms with Crippen molar-refractivity contribution in [2.24, 2.45) is 0 Å². The van der Waals surface area contributed by atoms with Crippen molar-refractivity contribution in [2.45, 2.75) is 0 Å². The largest absolute Gasteiger partial charge is 0.412 e. The van der Waals surface area contributed by atoms with E-state index in [1.54, 1.807) is 12.4 Å². The summed E-state index contributed by atoms with van der Waals surface area (Å²) in [5.74, 6) is 0. The fourth-order valence-corrected chi connectivity index (χ4v) is 1.03. The van der Waals surface area contributed by atoms with Gasteiger partial charge in [0, 0.05) is 32.8 Å². The molecular weight excluding hydrogens is 287 g/mol. The summed E-state index contributed by atoms with van der Waals surface area (Å²) >= 11 is 0. The Kier molecular flexibility index (Phi) is 8.93. The quantitative estimate of drug-likeness (QED) is 0.717. The SMILES string of the molecule is O.O.[Pd].c1ccc(-c2ccccn2)nc1. The molecule has 0 atom stereocenters. The molecule has 2 rings (SSSR count). The predicted octanol–water partition coefficient (Wildman–Crippen LogP) is 0.492. The summed E-state index contributed by atoms with van der Waals surface area (Å²) in [5.41, 5.74) is 1.83. The van der Waals surface area contributed by atoms with Crippen LogP contribution in [0.25, 0.3) is 11.4 Å². The van der Waals surface area contributed by atoms with Gasteiger partial charge in [0.1, 0.15) is 0 Å². The average molecular weight is 299 g/mol. The predicted molar refractivity (Wildman–Crippen MR) is 54.7 cm³/mol. The minimum Gasteiger partial charge on any atom is -0.412 e. The third kappa shape index (κ3) is 4.28. The van der Waals surface area contributed by atoms with Crippen molar-refractivity contribution in [1.82, 2.24) is 9.97 Å². The Bertz CT molecular complexity index is 319. The van der Waals surface area contributed by atoms with Gasteiger partial charge in [-0.05, 0) is 24.3 Å². The molecular formula is C10H12N2O2Pd. The van der Waals surface area contributed by atoms with E-state index in [-0.39, 0.29) is 31.4 Å². The second kappa shape index (κ2) is 8.21. The van der Waals surface area contributed by atoms with Crippen LogP contribution in [-0.4, -0.2) is 20.9 Å². The van der Waals surface area contributed by atoms with Crippen molar-refractivity contribution in [2.75, 3.05) is 0 Å². The van der Waals surface area contributed by atoms with Gasteiger partial charge in [-0.2, -0.15) is 0 Å². The van der Waals surface area contributed by atoms with Gasteiger partial charge in [-0.1, -0.05) is 12.1 Å². The molecule has 0 aliphatic rings. The van der Waals surface area contributed by atoms with E-state index < -0.39 is 0 Å². The molecule has 0 bridgehead atoms. The zero-order valence-corrected chi connectivity index (χ0v) is 9.38. The number of aromatic nitrogens is 2. The smallest absolute Gasteiger partial charge is 0.0886 e. The Morgan fingerprint density at radius 1 is 0.667 bits per heavy atom. The summed E-state index contributed by atoms with van der Waals surface area (Å²) in [6, 6.07) is 11.6. The fourth-order valence-electron chi connectivity index (χ4n) is 1.03. The van der Waals surface area contributed by atoms with Gasteiger partial charge in [0.15, 0.2) is 0 Å². The van der Waals surface area contributed by atoms with Crippen LogP contribution in [0.3, 0.4) is 0 Å². The van der Waals surface area contributed by atoms with E-state index in [4.69, 9.17) is 0 Å². The van der Waals surface area contributed by atoms with Gasteiger partial charge in [-0.25, -0.2) is 0 Å². The van der Waals surface area contributed by atoms with Crippen molar-refractivity contribution >= 4 is 0 Å². The number of nitrogens with zero attached hydrogens (tertiary/aromatic N) is 2. The van der Waals surface area contributed by atoms with Crippen LogP contribution in [0.4, 0.5) is 0 Å². The molecule has 4 nitrogen and oxygen atoms in total. The Hall–Kier alpha value is -1.12. The molecule has 5 heteroatoms. The van der Waals surface area contributed by atoms with Crippen LogP contribution in [0.15, 0.2) is 48.8 Å². The topological polar surface area (TPSA) is 88.8 Å². The Balaban J connectivity index is 0. The first-order valence-electron chi connectivity index (χ1n) is 3.79. The van der Waals surface area contributed by atoms with Crippen molar-refractivity contribution < 1.29 is 31.4 Å². The molecule has 84 valence electrons. The molecule has 2 aromatic heterocycles. The van der Waals surface area contributed by atoms with Crippen LogP contribution in [0.5, 0.6) is 0 Å². The molecule has 0 aliphatic heterocycles. The van der Waals surface area contributed by atoms with E-state index in [1.807, 2.05) is 36.4 Å². The first-order valence-corrected chi connectivity index (χ1v) is 3.79. The van der Waals surface area contributed by atoms with Crippen LogP contribution >= 0.6 is 0 Å². The Labute approximate surface area is 102 Å². The summed E-state index contributed by atoms with van der Waals surface area (Å²) in [4.78, 5) is 8.37. The first kappa shape index (κ1) is 16.3. The van der Waals surface area contributed by atoms with Crippen molar-refractivity contribution in [3.63, 3.8) is 0 Å². The third-order valence-corrected chi connectivity index (χ3v) is 1.59. The molecule has 0 amide bonds. The van der Waals surface area contributed by atoms with Gasteiger partial charge in [-0.15, -0.1) is 0 Å². The molecule has 15 heavy (non-hydrogen) atoms. The summed E-state index contributed by atoms with van der Waals surface area (Å²) < 4.78 is 0. The van der Waals surface area contributed by atoms with E-state index in [0.717, 1.165) is 11.4 Å². The zero-order chi connectivity index (χ0) is 8.23. The summed E-state index contributed by atoms with van der Waals surface area (Å²) in [6.07, 6.45) is 3.54. The van der Waals surface area contributed by atoms with Crippen LogP contribution in [0, 0.1) is 0 Å². The summed E-state index contributed by atoms with van der Waals surface area (Å²) in [5, 5.41) is 0. The van der Waals surface area contributed by atoms with Gasteiger partial charge in [0.25, 0.3) is 0 Å². The first-order chi connectivity index (χ1) is 5.97. The Morgan fingerprint density at radius 2 is 1.07 bits per heavy atom. The number of hydrogen-bond donors (Lipinski definition) is 0. The molecule has 0 aliphatic carbocycles. The Morgan fingerprint density at radius 3 is 1.33 bits per heavy atom.